The fraction of sp³-hybridized carbons (Fsp3) is 0.0667. The van der Waals surface area contributed by atoms with Crippen LogP contribution in [0, 0.1) is 28.5 Å². The highest BCUT2D eigenvalue weighted by Gasteiger charge is 2.32. The minimum Gasteiger partial charge on any atom is -0.206 e. The van der Waals surface area contributed by atoms with Gasteiger partial charge in [-0.05, 0) is 24.3 Å². The molecule has 0 fully saturated rings. The second-order valence-corrected chi connectivity index (χ2v) is 3.75. The van der Waals surface area contributed by atoms with Gasteiger partial charge >= 0.3 is 6.18 Å². The Morgan fingerprint density at radius 3 is 1.62 bits per heavy atom. The van der Waals surface area contributed by atoms with Crippen molar-refractivity contribution in [3.05, 3.63) is 71.0 Å². The van der Waals surface area contributed by atoms with Crippen LogP contribution >= 0.6 is 0 Å². The molecule has 2 aromatic rings. The first-order valence-corrected chi connectivity index (χ1v) is 5.61. The molecule has 0 radical (unpaired) electrons. The molecule has 2 nitrogen and oxygen atoms in total. The first-order chi connectivity index (χ1) is 9.90. The number of rotatable bonds is 0. The lowest BCUT2D eigenvalue weighted by molar-refractivity contribution is -0.137. The molecule has 0 amide bonds. The largest absolute Gasteiger partial charge is 0.417 e. The van der Waals surface area contributed by atoms with E-state index < -0.39 is 17.6 Å². The van der Waals surface area contributed by atoms with Gasteiger partial charge < -0.3 is 0 Å². The summed E-state index contributed by atoms with van der Waals surface area (Å²) in [5, 5.41) is 16.6. The fourth-order valence-corrected chi connectivity index (χ4v) is 1.38. The maximum atomic E-state index is 12.4. The van der Waals surface area contributed by atoms with Crippen molar-refractivity contribution in [1.82, 2.24) is 0 Å². The monoisotopic (exact) mass is 292 g/mol. The van der Waals surface area contributed by atoms with E-state index in [1.165, 1.54) is 30.3 Å². The van der Waals surface area contributed by atoms with Crippen LogP contribution in [0.3, 0.4) is 0 Å². The number of nitriles is 2. The van der Waals surface area contributed by atoms with Crippen molar-refractivity contribution in [3.63, 3.8) is 0 Å². The van der Waals surface area contributed by atoms with E-state index in [2.05, 4.69) is 0 Å². The van der Waals surface area contributed by atoms with Gasteiger partial charge in [0.1, 0.15) is 11.9 Å². The molecule has 6 heteroatoms. The summed E-state index contributed by atoms with van der Waals surface area (Å²) in [7, 11) is 0. The standard InChI is InChI=1S/C8H4F3N.C7H4FN/c9-8(10,11)7-4-2-1-3-6(7)5-12;8-7-4-2-1-3-6(7)5-9/h1-4H;1-4H. The van der Waals surface area contributed by atoms with Gasteiger partial charge in [-0.25, -0.2) is 4.39 Å². The molecule has 0 aliphatic heterocycles. The topological polar surface area (TPSA) is 47.6 Å². The molecular formula is C15H8F4N2. The van der Waals surface area contributed by atoms with Crippen LogP contribution in [0.25, 0.3) is 0 Å². The van der Waals surface area contributed by atoms with Crippen LogP contribution in [0.5, 0.6) is 0 Å². The third kappa shape index (κ3) is 4.63. The molecule has 0 heterocycles. The Bertz CT molecular complexity index is 694. The zero-order valence-electron chi connectivity index (χ0n) is 10.5. The molecule has 21 heavy (non-hydrogen) atoms. The van der Waals surface area contributed by atoms with Crippen molar-refractivity contribution >= 4 is 0 Å². The van der Waals surface area contributed by atoms with Gasteiger partial charge in [0.25, 0.3) is 0 Å². The van der Waals surface area contributed by atoms with E-state index in [9.17, 15) is 17.6 Å². The van der Waals surface area contributed by atoms with E-state index in [1.54, 1.807) is 18.2 Å². The predicted molar refractivity (Wildman–Crippen MR) is 67.3 cm³/mol. The first-order valence-electron chi connectivity index (χ1n) is 5.61. The minimum atomic E-state index is -4.44. The molecular weight excluding hydrogens is 284 g/mol. The van der Waals surface area contributed by atoms with Gasteiger partial charge in [0, 0.05) is 0 Å². The van der Waals surface area contributed by atoms with Gasteiger partial charge in [0.2, 0.25) is 0 Å². The predicted octanol–water partition coefficient (Wildman–Crippen LogP) is 4.27. The molecule has 2 rings (SSSR count). The number of hydrogen-bond acceptors (Lipinski definition) is 2. The second kappa shape index (κ2) is 7.06. The zero-order chi connectivity index (χ0) is 15.9. The Kier molecular flexibility index (Phi) is 5.45. The van der Waals surface area contributed by atoms with Gasteiger partial charge in [0.05, 0.1) is 22.8 Å². The number of nitrogens with zero attached hydrogens (tertiary/aromatic N) is 2. The second-order valence-electron chi connectivity index (χ2n) is 3.75. The summed E-state index contributed by atoms with van der Waals surface area (Å²) in [6.07, 6.45) is -4.44. The Morgan fingerprint density at radius 1 is 0.762 bits per heavy atom. The van der Waals surface area contributed by atoms with E-state index in [0.717, 1.165) is 12.1 Å². The minimum absolute atomic E-state index is 0.0949. The Balaban J connectivity index is 0.000000219. The first kappa shape index (κ1) is 16.2. The van der Waals surface area contributed by atoms with Gasteiger partial charge in [-0.3, -0.25) is 0 Å². The fourth-order valence-electron chi connectivity index (χ4n) is 1.38. The molecule has 0 N–H and O–H groups in total. The quantitative estimate of drug-likeness (QED) is 0.680. The van der Waals surface area contributed by atoms with Crippen LogP contribution in [0.4, 0.5) is 17.6 Å². The molecule has 0 spiro atoms. The highest BCUT2D eigenvalue weighted by atomic mass is 19.4. The maximum absolute atomic E-state index is 12.4. The Labute approximate surface area is 118 Å². The van der Waals surface area contributed by atoms with Crippen LogP contribution in [0.2, 0.25) is 0 Å². The van der Waals surface area contributed by atoms with Crippen molar-refractivity contribution in [2.24, 2.45) is 0 Å². The van der Waals surface area contributed by atoms with Crippen LogP contribution in [-0.2, 0) is 6.18 Å². The van der Waals surface area contributed by atoms with E-state index in [-0.39, 0.29) is 11.1 Å². The van der Waals surface area contributed by atoms with E-state index in [0.29, 0.717) is 0 Å². The van der Waals surface area contributed by atoms with Crippen LogP contribution < -0.4 is 0 Å². The average Bonchev–Trinajstić information content (AvgIpc) is 2.47. The SMILES string of the molecule is N#Cc1ccccc1C(F)(F)F.N#Cc1ccccc1F. The highest BCUT2D eigenvalue weighted by Crippen LogP contribution is 2.31. The van der Waals surface area contributed by atoms with E-state index in [1.807, 2.05) is 0 Å². The zero-order valence-corrected chi connectivity index (χ0v) is 10.5. The van der Waals surface area contributed by atoms with Crippen molar-refractivity contribution in [2.75, 3.05) is 0 Å². The molecule has 0 aliphatic carbocycles. The molecule has 0 bridgehead atoms. The molecule has 0 aromatic heterocycles. The summed E-state index contributed by atoms with van der Waals surface area (Å²) in [6, 6.07) is 13.8. The van der Waals surface area contributed by atoms with Crippen molar-refractivity contribution in [2.45, 2.75) is 6.18 Å². The number of hydrogen-bond donors (Lipinski definition) is 0. The highest BCUT2D eigenvalue weighted by molar-refractivity contribution is 5.38. The summed E-state index contributed by atoms with van der Waals surface area (Å²) in [4.78, 5) is 0. The third-order valence-electron chi connectivity index (χ3n) is 2.35. The van der Waals surface area contributed by atoms with Gasteiger partial charge in [-0.2, -0.15) is 23.7 Å². The lowest BCUT2D eigenvalue weighted by Gasteiger charge is -2.06. The summed E-state index contributed by atoms with van der Waals surface area (Å²) < 4.78 is 48.6. The average molecular weight is 292 g/mol. The van der Waals surface area contributed by atoms with Crippen LogP contribution in [0.15, 0.2) is 48.5 Å². The van der Waals surface area contributed by atoms with Crippen molar-refractivity contribution < 1.29 is 17.6 Å². The van der Waals surface area contributed by atoms with Gasteiger partial charge in [-0.1, -0.05) is 24.3 Å². The molecule has 106 valence electrons. The normalized spacial score (nSPS) is 9.81. The number of halogens is 4. The number of alkyl halides is 3. The van der Waals surface area contributed by atoms with Gasteiger partial charge in [-0.15, -0.1) is 0 Å². The molecule has 0 saturated heterocycles. The summed E-state index contributed by atoms with van der Waals surface area (Å²) in [6.45, 7) is 0. The lowest BCUT2D eigenvalue weighted by atomic mass is 10.1. The summed E-state index contributed by atoms with van der Waals surface area (Å²) in [5.74, 6) is -0.458. The number of benzene rings is 2. The third-order valence-corrected chi connectivity index (χ3v) is 2.35. The lowest BCUT2D eigenvalue weighted by Crippen LogP contribution is -2.06. The van der Waals surface area contributed by atoms with Crippen molar-refractivity contribution in [3.8, 4) is 12.1 Å². The smallest absolute Gasteiger partial charge is 0.206 e. The van der Waals surface area contributed by atoms with Crippen molar-refractivity contribution in [1.29, 1.82) is 10.5 Å². The maximum Gasteiger partial charge on any atom is 0.417 e. The van der Waals surface area contributed by atoms with Crippen LogP contribution in [0.1, 0.15) is 16.7 Å². The molecule has 0 unspecified atom stereocenters. The van der Waals surface area contributed by atoms with E-state index >= 15 is 0 Å². The molecule has 2 aromatic carbocycles. The van der Waals surface area contributed by atoms with Gasteiger partial charge in [0.15, 0.2) is 0 Å². The molecule has 0 aliphatic rings. The summed E-state index contributed by atoms with van der Waals surface area (Å²) in [5.41, 5.74) is -1.13. The molecule has 0 atom stereocenters. The Morgan fingerprint density at radius 2 is 1.24 bits per heavy atom. The summed E-state index contributed by atoms with van der Waals surface area (Å²) >= 11 is 0. The van der Waals surface area contributed by atoms with Crippen LogP contribution in [-0.4, -0.2) is 0 Å². The Hall–Kier alpha value is -2.86. The van der Waals surface area contributed by atoms with E-state index in [4.69, 9.17) is 10.5 Å². The molecule has 0 saturated carbocycles.